The van der Waals surface area contributed by atoms with Crippen LogP contribution < -0.4 is 11.1 Å². The van der Waals surface area contributed by atoms with Crippen LogP contribution in [0, 0.1) is 0 Å². The van der Waals surface area contributed by atoms with Crippen LogP contribution in [-0.2, 0) is 51.0 Å². The van der Waals surface area contributed by atoms with Gasteiger partial charge < -0.3 is 44.6 Å². The van der Waals surface area contributed by atoms with Gasteiger partial charge in [0.2, 0.25) is 5.91 Å². The van der Waals surface area contributed by atoms with Gasteiger partial charge in [-0.1, -0.05) is 24.3 Å². The van der Waals surface area contributed by atoms with E-state index in [0.29, 0.717) is 52.7 Å². The van der Waals surface area contributed by atoms with E-state index in [1.54, 1.807) is 20.8 Å². The highest BCUT2D eigenvalue weighted by Crippen LogP contribution is 2.13. The summed E-state index contributed by atoms with van der Waals surface area (Å²) in [6, 6.07) is 7.57. The Hall–Kier alpha value is -2.77. The number of hydrogen-bond acceptors (Lipinski definition) is 9. The van der Waals surface area contributed by atoms with Gasteiger partial charge in [-0.25, -0.2) is 9.59 Å². The number of carboxylic acids is 1. The number of amides is 2. The smallest absolute Gasteiger partial charge is 0.407 e. The van der Waals surface area contributed by atoms with Crippen molar-refractivity contribution in [1.29, 1.82) is 0 Å². The van der Waals surface area contributed by atoms with Crippen molar-refractivity contribution in [2.24, 2.45) is 5.73 Å². The molecule has 4 N–H and O–H groups in total. The molecule has 228 valence electrons. The van der Waals surface area contributed by atoms with E-state index < -0.39 is 29.6 Å². The number of carbonyl (C=O) groups is 3. The molecule has 0 saturated carbocycles. The van der Waals surface area contributed by atoms with Crippen molar-refractivity contribution in [3.8, 4) is 0 Å². The summed E-state index contributed by atoms with van der Waals surface area (Å²) in [6.07, 6.45) is 0.290. The molecule has 0 aliphatic rings. The van der Waals surface area contributed by atoms with Crippen LogP contribution in [0.3, 0.4) is 0 Å². The zero-order valence-electron chi connectivity index (χ0n) is 24.1. The summed E-state index contributed by atoms with van der Waals surface area (Å²) in [5.41, 5.74) is 6.76. The van der Waals surface area contributed by atoms with Crippen molar-refractivity contribution in [2.45, 2.75) is 71.3 Å². The van der Waals surface area contributed by atoms with Crippen LogP contribution in [-0.4, -0.2) is 93.7 Å². The number of carbonyl (C=O) groups excluding carboxylic acids is 2. The lowest BCUT2D eigenvalue weighted by molar-refractivity contribution is -0.142. The van der Waals surface area contributed by atoms with Crippen molar-refractivity contribution in [3.05, 3.63) is 35.4 Å². The summed E-state index contributed by atoms with van der Waals surface area (Å²) >= 11 is 0. The zero-order chi connectivity index (χ0) is 29.8. The predicted molar refractivity (Wildman–Crippen MR) is 147 cm³/mol. The second kappa shape index (κ2) is 20.2. The topological polar surface area (TPSA) is 165 Å². The molecule has 0 saturated heterocycles. The molecule has 0 aliphatic heterocycles. The number of nitrogens with one attached hydrogen (secondary N) is 1. The van der Waals surface area contributed by atoms with E-state index in [4.69, 9.17) is 39.3 Å². The summed E-state index contributed by atoms with van der Waals surface area (Å²) in [7, 11) is 0. The number of primary amides is 1. The molecule has 12 nitrogen and oxygen atoms in total. The van der Waals surface area contributed by atoms with E-state index in [9.17, 15) is 14.4 Å². The maximum absolute atomic E-state index is 12.2. The lowest BCUT2D eigenvalue weighted by Crippen LogP contribution is -2.45. The first-order chi connectivity index (χ1) is 19.0. The molecule has 1 rings (SSSR count). The molecule has 0 fully saturated rings. The molecule has 0 heterocycles. The van der Waals surface area contributed by atoms with Gasteiger partial charge >= 0.3 is 12.1 Å². The van der Waals surface area contributed by atoms with Gasteiger partial charge in [-0.2, -0.15) is 0 Å². The normalized spacial score (nSPS) is 13.0. The van der Waals surface area contributed by atoms with E-state index in [2.05, 4.69) is 5.32 Å². The van der Waals surface area contributed by atoms with Gasteiger partial charge in [-0.05, 0) is 51.7 Å². The first-order valence-electron chi connectivity index (χ1n) is 13.5. The number of nitrogens with two attached hydrogens (primary N) is 1. The Balaban J connectivity index is 2.25. The van der Waals surface area contributed by atoms with Gasteiger partial charge in [0, 0.05) is 6.42 Å². The first kappa shape index (κ1) is 35.3. The number of rotatable bonds is 22. The fourth-order valence-electron chi connectivity index (χ4n) is 3.34. The molecule has 0 spiro atoms. The van der Waals surface area contributed by atoms with Crippen LogP contribution in [0.5, 0.6) is 0 Å². The molecule has 12 heteroatoms. The van der Waals surface area contributed by atoms with Crippen LogP contribution >= 0.6 is 0 Å². The first-order valence-corrected chi connectivity index (χ1v) is 13.5. The summed E-state index contributed by atoms with van der Waals surface area (Å²) in [5.74, 6) is -1.45. The van der Waals surface area contributed by atoms with Crippen LogP contribution in [0.2, 0.25) is 0 Å². The minimum atomic E-state index is -1.00. The molecule has 0 bridgehead atoms. The molecular formula is C28H46N2O10. The maximum atomic E-state index is 12.2. The summed E-state index contributed by atoms with van der Waals surface area (Å²) in [5, 5.41) is 11.2. The average Bonchev–Trinajstić information content (AvgIpc) is 2.87. The molecule has 1 aromatic rings. The molecule has 0 unspecified atom stereocenters. The maximum Gasteiger partial charge on any atom is 0.407 e. The minimum absolute atomic E-state index is 0.124. The lowest BCUT2D eigenvalue weighted by atomic mass is 10.1. The van der Waals surface area contributed by atoms with Gasteiger partial charge in [-0.3, -0.25) is 4.79 Å². The predicted octanol–water partition coefficient (Wildman–Crippen LogP) is 2.44. The third kappa shape index (κ3) is 19.3. The Kier molecular flexibility index (Phi) is 17.8. The van der Waals surface area contributed by atoms with Crippen molar-refractivity contribution in [2.75, 3.05) is 52.9 Å². The second-order valence-electron chi connectivity index (χ2n) is 10.1. The van der Waals surface area contributed by atoms with Gasteiger partial charge in [0.1, 0.15) is 12.2 Å². The van der Waals surface area contributed by atoms with Crippen molar-refractivity contribution in [1.82, 2.24) is 5.32 Å². The van der Waals surface area contributed by atoms with E-state index >= 15 is 0 Å². The third-order valence-electron chi connectivity index (χ3n) is 5.38. The Morgan fingerprint density at radius 1 is 0.875 bits per heavy atom. The highest BCUT2D eigenvalue weighted by molar-refractivity contribution is 5.74. The van der Waals surface area contributed by atoms with Crippen LogP contribution in [0.25, 0.3) is 0 Å². The number of carboxylic acid groups (broad SMARTS) is 1. The lowest BCUT2D eigenvalue weighted by Gasteiger charge is -2.27. The Labute approximate surface area is 236 Å². The van der Waals surface area contributed by atoms with Crippen LogP contribution in [0.15, 0.2) is 24.3 Å². The summed E-state index contributed by atoms with van der Waals surface area (Å²) < 4.78 is 32.5. The summed E-state index contributed by atoms with van der Waals surface area (Å²) in [4.78, 5) is 33.8. The van der Waals surface area contributed by atoms with Crippen molar-refractivity contribution in [3.63, 3.8) is 0 Å². The average molecular weight is 571 g/mol. The standard InChI is InChI=1S/C28H46N2O10/c1-21(24(9-10-25(29)31)30-27(34)40-28(2,3)4)39-19-23-7-5-22(6-8-23)11-12-35-13-14-36-15-16-37-17-18-38-20-26(32)33/h5-8,21,24H,9-20H2,1-4H3,(H2,29,31)(H,30,34)(H,32,33)/t21-,24+/m1/s1. The third-order valence-corrected chi connectivity index (χ3v) is 5.38. The molecule has 2 amide bonds. The molecule has 0 radical (unpaired) electrons. The molecule has 0 aliphatic carbocycles. The van der Waals surface area contributed by atoms with E-state index in [-0.39, 0.29) is 25.7 Å². The van der Waals surface area contributed by atoms with E-state index in [1.807, 2.05) is 31.2 Å². The zero-order valence-corrected chi connectivity index (χ0v) is 24.1. The monoisotopic (exact) mass is 570 g/mol. The van der Waals surface area contributed by atoms with Crippen molar-refractivity contribution >= 4 is 18.0 Å². The van der Waals surface area contributed by atoms with Gasteiger partial charge in [0.25, 0.3) is 0 Å². The molecule has 40 heavy (non-hydrogen) atoms. The molecule has 2 atom stereocenters. The number of alkyl carbamates (subject to hydrolysis) is 1. The Bertz CT molecular complexity index is 858. The van der Waals surface area contributed by atoms with Gasteiger partial charge in [-0.15, -0.1) is 0 Å². The molecule has 1 aromatic carbocycles. The summed E-state index contributed by atoms with van der Waals surface area (Å²) in [6.45, 7) is 10.1. The minimum Gasteiger partial charge on any atom is -0.480 e. The van der Waals surface area contributed by atoms with Crippen LogP contribution in [0.4, 0.5) is 4.79 Å². The van der Waals surface area contributed by atoms with Crippen molar-refractivity contribution < 1.29 is 47.9 Å². The van der Waals surface area contributed by atoms with Gasteiger partial charge in [0.15, 0.2) is 0 Å². The SMILES string of the molecule is C[C@@H](OCc1ccc(CCOCCOCCOCCOCC(=O)O)cc1)[C@H](CCC(N)=O)NC(=O)OC(C)(C)C. The quantitative estimate of drug-likeness (QED) is 0.176. The number of ether oxygens (including phenoxy) is 6. The number of hydrogen-bond donors (Lipinski definition) is 3. The van der Waals surface area contributed by atoms with E-state index in [1.165, 1.54) is 0 Å². The second-order valence-corrected chi connectivity index (χ2v) is 10.1. The van der Waals surface area contributed by atoms with Crippen LogP contribution in [0.1, 0.15) is 51.7 Å². The molecule has 0 aromatic heterocycles. The number of benzene rings is 1. The van der Waals surface area contributed by atoms with E-state index in [0.717, 1.165) is 17.5 Å². The highest BCUT2D eigenvalue weighted by atomic mass is 16.6. The highest BCUT2D eigenvalue weighted by Gasteiger charge is 2.24. The molecular weight excluding hydrogens is 524 g/mol. The largest absolute Gasteiger partial charge is 0.480 e. The Morgan fingerprint density at radius 3 is 1.93 bits per heavy atom. The number of aliphatic carboxylic acids is 1. The Morgan fingerprint density at radius 2 is 1.40 bits per heavy atom. The van der Waals surface area contributed by atoms with Gasteiger partial charge in [0.05, 0.1) is 65.0 Å². The fourth-order valence-corrected chi connectivity index (χ4v) is 3.34. The fraction of sp³-hybridized carbons (Fsp3) is 0.679.